The minimum atomic E-state index is -4.39. The van der Waals surface area contributed by atoms with Crippen molar-refractivity contribution in [1.82, 2.24) is 9.55 Å². The number of fused-ring (bicyclic) bond motifs is 1. The molecule has 0 saturated heterocycles. The Hall–Kier alpha value is -1.99. The molecule has 3 rings (SSSR count). The van der Waals surface area contributed by atoms with E-state index in [1.54, 1.807) is 28.8 Å². The Labute approximate surface area is 169 Å². The number of hydrogen-bond donors (Lipinski definition) is 0. The lowest BCUT2D eigenvalue weighted by Crippen LogP contribution is -2.25. The highest BCUT2D eigenvalue weighted by Crippen LogP contribution is 2.31. The second-order valence-electron chi connectivity index (χ2n) is 6.85. The Balaban J connectivity index is 1.98. The lowest BCUT2D eigenvalue weighted by molar-refractivity contribution is -0.137. The Morgan fingerprint density at radius 1 is 1.18 bits per heavy atom. The van der Waals surface area contributed by atoms with Crippen LogP contribution in [-0.4, -0.2) is 9.55 Å². The molecule has 28 heavy (non-hydrogen) atoms. The number of aromatic nitrogens is 2. The number of alkyl halides is 3. The maximum atomic E-state index is 12.9. The van der Waals surface area contributed by atoms with Gasteiger partial charge in [0.05, 0.1) is 16.5 Å². The van der Waals surface area contributed by atoms with Gasteiger partial charge < -0.3 is 0 Å². The molecule has 1 heterocycles. The summed E-state index contributed by atoms with van der Waals surface area (Å²) in [5, 5.41) is 1.40. The average molecular weight is 427 g/mol. The van der Waals surface area contributed by atoms with Gasteiger partial charge in [-0.3, -0.25) is 9.36 Å². The van der Waals surface area contributed by atoms with Crippen molar-refractivity contribution in [1.29, 1.82) is 0 Å². The van der Waals surface area contributed by atoms with Crippen LogP contribution in [0.4, 0.5) is 13.2 Å². The summed E-state index contributed by atoms with van der Waals surface area (Å²) in [5.74, 6) is 0.470. The van der Waals surface area contributed by atoms with Gasteiger partial charge in [-0.1, -0.05) is 55.4 Å². The van der Waals surface area contributed by atoms with E-state index < -0.39 is 11.7 Å². The van der Waals surface area contributed by atoms with E-state index in [0.29, 0.717) is 33.2 Å². The van der Waals surface area contributed by atoms with E-state index in [1.165, 1.54) is 17.8 Å². The summed E-state index contributed by atoms with van der Waals surface area (Å²) >= 11 is 7.26. The molecule has 0 bridgehead atoms. The van der Waals surface area contributed by atoms with Gasteiger partial charge in [0.2, 0.25) is 0 Å². The van der Waals surface area contributed by atoms with Gasteiger partial charge in [0.1, 0.15) is 0 Å². The molecule has 3 nitrogen and oxygen atoms in total. The van der Waals surface area contributed by atoms with Crippen LogP contribution < -0.4 is 5.56 Å². The van der Waals surface area contributed by atoms with Crippen molar-refractivity contribution in [2.24, 2.45) is 5.92 Å². The third kappa shape index (κ3) is 4.70. The molecule has 0 radical (unpaired) electrons. The van der Waals surface area contributed by atoms with Gasteiger partial charge in [-0.25, -0.2) is 4.98 Å². The predicted molar refractivity (Wildman–Crippen MR) is 107 cm³/mol. The van der Waals surface area contributed by atoms with Crippen LogP contribution in [0.15, 0.2) is 52.4 Å². The number of rotatable bonds is 5. The molecule has 0 aliphatic rings. The molecule has 0 atom stereocenters. The molecule has 0 N–H and O–H groups in total. The monoisotopic (exact) mass is 426 g/mol. The topological polar surface area (TPSA) is 34.9 Å². The van der Waals surface area contributed by atoms with E-state index in [-0.39, 0.29) is 17.2 Å². The van der Waals surface area contributed by atoms with E-state index >= 15 is 0 Å². The van der Waals surface area contributed by atoms with Gasteiger partial charge in [-0.05, 0) is 35.7 Å². The molecule has 0 saturated carbocycles. The molecule has 2 aromatic carbocycles. The van der Waals surface area contributed by atoms with Crippen molar-refractivity contribution in [3.05, 3.63) is 69.0 Å². The lowest BCUT2D eigenvalue weighted by atomic mass is 10.1. The summed E-state index contributed by atoms with van der Waals surface area (Å²) in [4.78, 5) is 17.5. The summed E-state index contributed by atoms with van der Waals surface area (Å²) in [6.07, 6.45) is -4.39. The van der Waals surface area contributed by atoms with Crippen molar-refractivity contribution >= 4 is 34.3 Å². The minimum Gasteiger partial charge on any atom is -0.287 e. The zero-order valence-electron chi connectivity index (χ0n) is 15.3. The molecule has 0 unspecified atom stereocenters. The second kappa shape index (κ2) is 8.17. The van der Waals surface area contributed by atoms with Crippen molar-refractivity contribution in [2.75, 3.05) is 0 Å². The summed E-state index contributed by atoms with van der Waals surface area (Å²) < 4.78 is 40.4. The molecule has 1 aromatic heterocycles. The molecule has 0 spiro atoms. The van der Waals surface area contributed by atoms with E-state index in [9.17, 15) is 18.0 Å². The van der Waals surface area contributed by atoms with Crippen molar-refractivity contribution in [3.63, 3.8) is 0 Å². The van der Waals surface area contributed by atoms with Gasteiger partial charge in [0.15, 0.2) is 5.16 Å². The average Bonchev–Trinajstić information content (AvgIpc) is 2.61. The maximum Gasteiger partial charge on any atom is 0.416 e. The van der Waals surface area contributed by atoms with Crippen LogP contribution in [0.2, 0.25) is 5.02 Å². The summed E-state index contributed by atoms with van der Waals surface area (Å²) in [5.41, 5.74) is 0.116. The zero-order valence-corrected chi connectivity index (χ0v) is 16.8. The Kier molecular flexibility index (Phi) is 6.05. The number of nitrogens with zero attached hydrogens (tertiary/aromatic N) is 2. The zero-order chi connectivity index (χ0) is 20.5. The van der Waals surface area contributed by atoms with Gasteiger partial charge in [-0.15, -0.1) is 0 Å². The quantitative estimate of drug-likeness (QED) is 0.370. The van der Waals surface area contributed by atoms with Crippen LogP contribution in [0.1, 0.15) is 25.0 Å². The predicted octanol–water partition coefficient (Wildman–Crippen LogP) is 6.02. The van der Waals surface area contributed by atoms with Crippen LogP contribution in [0.3, 0.4) is 0 Å². The lowest BCUT2D eigenvalue weighted by Gasteiger charge is -2.15. The second-order valence-corrected chi connectivity index (χ2v) is 8.23. The smallest absolute Gasteiger partial charge is 0.287 e. The first-order valence-electron chi connectivity index (χ1n) is 8.64. The minimum absolute atomic E-state index is 0.179. The molecule has 0 amide bonds. The molecule has 3 aromatic rings. The van der Waals surface area contributed by atoms with E-state index in [0.717, 1.165) is 12.1 Å². The fourth-order valence-electron chi connectivity index (χ4n) is 2.80. The number of thioether (sulfide) groups is 1. The largest absolute Gasteiger partial charge is 0.416 e. The third-order valence-electron chi connectivity index (χ3n) is 4.05. The summed E-state index contributed by atoms with van der Waals surface area (Å²) in [6.45, 7) is 4.44. The molecule has 8 heteroatoms. The van der Waals surface area contributed by atoms with E-state index in [4.69, 9.17) is 11.6 Å². The molecule has 0 aliphatic carbocycles. The van der Waals surface area contributed by atoms with Crippen molar-refractivity contribution in [3.8, 4) is 0 Å². The standard InChI is InChI=1S/C20H18ClF3N2OS/c1-12(2)10-26-18(27)16-7-6-15(21)9-17(16)25-19(26)28-11-13-4-3-5-14(8-13)20(22,23)24/h3-9,12H,10-11H2,1-2H3. The van der Waals surface area contributed by atoms with Crippen LogP contribution in [0.25, 0.3) is 10.9 Å². The Morgan fingerprint density at radius 2 is 1.93 bits per heavy atom. The Morgan fingerprint density at radius 3 is 2.61 bits per heavy atom. The summed E-state index contributed by atoms with van der Waals surface area (Å²) in [6, 6.07) is 10.1. The van der Waals surface area contributed by atoms with E-state index in [2.05, 4.69) is 4.98 Å². The maximum absolute atomic E-state index is 12.9. The van der Waals surface area contributed by atoms with Crippen LogP contribution in [0, 0.1) is 5.92 Å². The van der Waals surface area contributed by atoms with Crippen LogP contribution in [0.5, 0.6) is 0 Å². The van der Waals surface area contributed by atoms with Crippen LogP contribution >= 0.6 is 23.4 Å². The third-order valence-corrected chi connectivity index (χ3v) is 5.33. The van der Waals surface area contributed by atoms with Gasteiger partial charge in [-0.2, -0.15) is 13.2 Å². The normalized spacial score (nSPS) is 12.1. The number of benzene rings is 2. The molecule has 0 aliphatic heterocycles. The van der Waals surface area contributed by atoms with Gasteiger partial charge in [0.25, 0.3) is 5.56 Å². The highest BCUT2D eigenvalue weighted by atomic mass is 35.5. The SMILES string of the molecule is CC(C)Cn1c(SCc2cccc(C(F)(F)F)c2)nc2cc(Cl)ccc2c1=O. The van der Waals surface area contributed by atoms with Gasteiger partial charge in [0, 0.05) is 17.3 Å². The number of hydrogen-bond acceptors (Lipinski definition) is 3. The fourth-order valence-corrected chi connectivity index (χ4v) is 3.91. The molecular weight excluding hydrogens is 409 g/mol. The summed E-state index contributed by atoms with van der Waals surface area (Å²) in [7, 11) is 0. The molecule has 0 fully saturated rings. The molecule has 148 valence electrons. The van der Waals surface area contributed by atoms with Gasteiger partial charge >= 0.3 is 6.18 Å². The Bertz CT molecular complexity index is 1060. The fraction of sp³-hybridized carbons (Fsp3) is 0.300. The first kappa shape index (κ1) is 20.7. The van der Waals surface area contributed by atoms with E-state index in [1.807, 2.05) is 13.8 Å². The highest BCUT2D eigenvalue weighted by Gasteiger charge is 2.30. The highest BCUT2D eigenvalue weighted by molar-refractivity contribution is 7.98. The van der Waals surface area contributed by atoms with Crippen molar-refractivity contribution < 1.29 is 13.2 Å². The first-order valence-corrected chi connectivity index (χ1v) is 10.0. The molecular formula is C20H18ClF3N2OS. The van der Waals surface area contributed by atoms with Crippen LogP contribution in [-0.2, 0) is 18.5 Å². The first-order chi connectivity index (χ1) is 13.1. The van der Waals surface area contributed by atoms with Crippen molar-refractivity contribution in [2.45, 2.75) is 37.5 Å². The number of halogens is 4.